The first kappa shape index (κ1) is 54.5. The molecule has 4 aliphatic heterocycles. The molecule has 0 aliphatic carbocycles. The number of fused-ring (bicyclic) bond motifs is 3. The molecule has 0 saturated carbocycles. The van der Waals surface area contributed by atoms with Crippen molar-refractivity contribution in [3.8, 4) is 23.0 Å². The molecular formula is C49H66N4O18. The number of phenols is 2. The maximum Gasteiger partial charge on any atom is 0.335 e. The number of carboxylic acid groups (broad SMARTS) is 1. The molecule has 5 unspecified atom stereocenters. The number of piperazine rings is 1. The number of ether oxygens (including phenoxy) is 6. The number of esters is 1. The molecule has 0 spiro atoms. The number of carbonyl (C=O) groups excluding carboxylic acids is 3. The van der Waals surface area contributed by atoms with Crippen molar-refractivity contribution in [2.75, 3.05) is 45.7 Å². The van der Waals surface area contributed by atoms with Gasteiger partial charge in [0.05, 0.1) is 53.0 Å². The largest absolute Gasteiger partial charge is 0.507 e. The van der Waals surface area contributed by atoms with Gasteiger partial charge in [-0.2, -0.15) is 5.10 Å². The summed E-state index contributed by atoms with van der Waals surface area (Å²) in [6.45, 7) is 14.1. The highest BCUT2D eigenvalue weighted by atomic mass is 16.7. The molecule has 2 saturated heterocycles. The number of Topliss-reactive ketones (excluding diaryl/α,β-unsaturated/α-hetero) is 1. The molecule has 4 bridgehead atoms. The van der Waals surface area contributed by atoms with Crippen LogP contribution in [0.2, 0.25) is 0 Å². The van der Waals surface area contributed by atoms with Crippen LogP contribution in [-0.2, 0) is 33.3 Å². The number of aliphatic carboxylic acids is 1. The Bertz CT molecular complexity index is 2490. The maximum atomic E-state index is 14.9. The van der Waals surface area contributed by atoms with Gasteiger partial charge in [0.25, 0.3) is 11.7 Å². The van der Waals surface area contributed by atoms with E-state index in [0.717, 1.165) is 6.26 Å². The van der Waals surface area contributed by atoms with Crippen LogP contribution in [0.4, 0.5) is 5.69 Å². The number of aliphatic hydroxyl groups excluding tert-OH is 5. The monoisotopic (exact) mass is 998 g/mol. The Kier molecular flexibility index (Phi) is 16.8. The van der Waals surface area contributed by atoms with E-state index in [-0.39, 0.29) is 28.0 Å². The molecule has 0 radical (unpaired) electrons. The first-order valence-corrected chi connectivity index (χ1v) is 23.3. The number of hydrogen-bond acceptors (Lipinski definition) is 20. The number of carbonyl (C=O) groups is 4. The van der Waals surface area contributed by atoms with Gasteiger partial charge in [-0.15, -0.1) is 0 Å². The van der Waals surface area contributed by atoms with Gasteiger partial charge in [-0.3, -0.25) is 19.4 Å². The Labute approximate surface area is 410 Å². The fraction of sp³-hybridized carbons (Fsp3) is 0.571. The van der Waals surface area contributed by atoms with Gasteiger partial charge in [0.1, 0.15) is 41.7 Å². The summed E-state index contributed by atoms with van der Waals surface area (Å²) in [5.41, 5.74) is -1.18. The molecule has 71 heavy (non-hydrogen) atoms. The van der Waals surface area contributed by atoms with Crippen LogP contribution < -0.4 is 14.8 Å². The van der Waals surface area contributed by atoms with E-state index in [1.165, 1.54) is 59.2 Å². The van der Waals surface area contributed by atoms with Gasteiger partial charge >= 0.3 is 17.7 Å². The number of nitrogens with zero attached hydrogens (tertiary/aromatic N) is 3. The summed E-state index contributed by atoms with van der Waals surface area (Å²) in [7, 11) is 3.32. The Hall–Kier alpha value is -5.85. The van der Waals surface area contributed by atoms with E-state index >= 15 is 0 Å². The molecule has 9 N–H and O–H groups in total. The standard InChI is InChI=1S/C49H66N4O18/c1-21-12-11-13-22(2)46(63)51-33-28(20-50-53-17-15-52(9)16-18-53)37(58)30-31(43(33)69-48-40(61)38(59)39(60)44(70-48)47(64)65)36(57)26(6)42-32(30)45(62)49(8,71-42)67-19-14-29(66-10)23(3)41(68-27(7)54)25(5)35(56)24(4)34(21)55/h11-14,19-21,23-25,29,34-35,38-41,44,48,55-61H,15-18H2,1-10H3,(H,51,63)(H,64,65)/b12-11+,19-14+,22-13-,50-20+/t21-,23+,24+,25+,29-,34-,35+,38?,39?,40?,41+,44?,48?,49-/m0/s1. The van der Waals surface area contributed by atoms with Crippen molar-refractivity contribution in [3.05, 3.63) is 52.8 Å². The number of allylic oxidation sites excluding steroid dienone is 2. The molecule has 4 aliphatic rings. The van der Waals surface area contributed by atoms with Crippen molar-refractivity contribution in [3.63, 3.8) is 0 Å². The van der Waals surface area contributed by atoms with Crippen molar-refractivity contribution in [1.29, 1.82) is 0 Å². The van der Waals surface area contributed by atoms with Crippen molar-refractivity contribution < 1.29 is 88.5 Å². The van der Waals surface area contributed by atoms with E-state index in [1.807, 2.05) is 7.05 Å². The molecule has 0 aromatic heterocycles. The van der Waals surface area contributed by atoms with E-state index < -0.39 is 142 Å². The number of hydrogen-bond donors (Lipinski definition) is 9. The highest BCUT2D eigenvalue weighted by Gasteiger charge is 2.52. The number of aliphatic hydroxyl groups is 5. The quantitative estimate of drug-likeness (QED) is 0.141. The number of anilines is 1. The molecule has 2 fully saturated rings. The smallest absolute Gasteiger partial charge is 0.335 e. The minimum atomic E-state index is -2.22. The summed E-state index contributed by atoms with van der Waals surface area (Å²) in [5, 5.41) is 98.5. The maximum absolute atomic E-state index is 14.9. The summed E-state index contributed by atoms with van der Waals surface area (Å²) in [5.74, 6) is -11.4. The van der Waals surface area contributed by atoms with E-state index in [4.69, 9.17) is 28.4 Å². The van der Waals surface area contributed by atoms with E-state index in [0.29, 0.717) is 26.2 Å². The highest BCUT2D eigenvalue weighted by molar-refractivity contribution is 6.24. The Morgan fingerprint density at radius 2 is 1.55 bits per heavy atom. The molecular weight excluding hydrogens is 933 g/mol. The average Bonchev–Trinajstić information content (AvgIpc) is 3.59. The van der Waals surface area contributed by atoms with Crippen molar-refractivity contribution in [2.45, 2.75) is 116 Å². The third-order valence-electron chi connectivity index (χ3n) is 13.9. The van der Waals surface area contributed by atoms with E-state index in [9.17, 15) is 60.0 Å². The van der Waals surface area contributed by atoms with Gasteiger partial charge in [-0.05, 0) is 27.0 Å². The number of hydrazone groups is 1. The lowest BCUT2D eigenvalue weighted by Gasteiger charge is -2.39. The van der Waals surface area contributed by atoms with Gasteiger partial charge in [-0.1, -0.05) is 45.9 Å². The number of benzene rings is 2. The minimum Gasteiger partial charge on any atom is -0.507 e. The van der Waals surface area contributed by atoms with Crippen LogP contribution in [0.5, 0.6) is 23.0 Å². The van der Waals surface area contributed by atoms with Gasteiger partial charge < -0.3 is 79.5 Å². The molecule has 4 heterocycles. The zero-order valence-electron chi connectivity index (χ0n) is 41.3. The van der Waals surface area contributed by atoms with Gasteiger partial charge in [0, 0.05) is 87.3 Å². The lowest BCUT2D eigenvalue weighted by molar-refractivity contribution is -0.270. The summed E-state index contributed by atoms with van der Waals surface area (Å²) >= 11 is 0. The van der Waals surface area contributed by atoms with Gasteiger partial charge in [0.2, 0.25) is 6.29 Å². The lowest BCUT2D eigenvalue weighted by Crippen LogP contribution is -2.61. The molecule has 6 rings (SSSR count). The van der Waals surface area contributed by atoms with Gasteiger partial charge in [-0.25, -0.2) is 4.79 Å². The van der Waals surface area contributed by atoms with Crippen LogP contribution in [0.1, 0.15) is 70.0 Å². The SMILES string of the molecule is CO[C@H]1/C=C/O[C@@]2(C)Oc3c(C)c(O)c4c(OC5OC(C(=O)O)C(O)C(O)C5O)c(c(/C=N/N5CCN(C)CC5)c(O)c4c3C2=O)NC(=O)/C(C)=C\C=C\[C@H](C)[C@H](O)[C@@H](C)[C@@H](O)[C@@H](C)[C@H](OC(C)=O)[C@@H]1C. The van der Waals surface area contributed by atoms with E-state index in [2.05, 4.69) is 15.3 Å². The highest BCUT2D eigenvalue weighted by Crippen LogP contribution is 2.56. The molecule has 22 heteroatoms. The normalized spacial score (nSPS) is 35.1. The first-order chi connectivity index (χ1) is 33.3. The Morgan fingerprint density at radius 3 is 2.17 bits per heavy atom. The molecule has 2 aromatic carbocycles. The van der Waals surface area contributed by atoms with E-state index in [1.54, 1.807) is 38.8 Å². The fourth-order valence-electron chi connectivity index (χ4n) is 9.29. The molecule has 390 valence electrons. The number of ketones is 1. The van der Waals surface area contributed by atoms with Gasteiger partial charge in [0.15, 0.2) is 11.9 Å². The van der Waals surface area contributed by atoms with Crippen LogP contribution >= 0.6 is 0 Å². The minimum absolute atomic E-state index is 0.0230. The van der Waals surface area contributed by atoms with Crippen LogP contribution in [0.15, 0.2) is 41.2 Å². The summed E-state index contributed by atoms with van der Waals surface area (Å²) in [6, 6.07) is 0. The second-order valence-corrected chi connectivity index (χ2v) is 19.0. The molecule has 14 atom stereocenters. The molecule has 2 aromatic rings. The van der Waals surface area contributed by atoms with Crippen molar-refractivity contribution >= 4 is 46.3 Å². The number of aromatic hydroxyl groups is 2. The van der Waals surface area contributed by atoms with Crippen molar-refractivity contribution in [2.24, 2.45) is 28.8 Å². The fourth-order valence-corrected chi connectivity index (χ4v) is 9.29. The third kappa shape index (κ3) is 10.8. The summed E-state index contributed by atoms with van der Waals surface area (Å²) < 4.78 is 35.5. The zero-order valence-corrected chi connectivity index (χ0v) is 41.3. The second-order valence-electron chi connectivity index (χ2n) is 19.0. The average molecular weight is 999 g/mol. The number of phenolic OH excluding ortho intramolecular Hbond substituents is 2. The number of carboxylic acids is 1. The topological polar surface area (TPSA) is 316 Å². The molecule has 1 amide bonds. The number of amides is 1. The lowest BCUT2D eigenvalue weighted by atomic mass is 9.78. The molecule has 22 nitrogen and oxygen atoms in total. The number of methoxy groups -OCH3 is 1. The predicted molar refractivity (Wildman–Crippen MR) is 254 cm³/mol. The van der Waals surface area contributed by atoms with Crippen LogP contribution in [0.25, 0.3) is 10.8 Å². The van der Waals surface area contributed by atoms with Crippen molar-refractivity contribution in [1.82, 2.24) is 9.91 Å². The number of rotatable bonds is 7. The Morgan fingerprint density at radius 1 is 0.887 bits per heavy atom. The third-order valence-corrected chi connectivity index (χ3v) is 13.9. The predicted octanol–water partition coefficient (Wildman–Crippen LogP) is 1.90. The summed E-state index contributed by atoms with van der Waals surface area (Å²) in [6.07, 6.45) is -6.75. The number of nitrogens with one attached hydrogen (secondary N) is 1. The first-order valence-electron chi connectivity index (χ1n) is 23.3. The van der Waals surface area contributed by atoms with Crippen LogP contribution in [-0.4, -0.2) is 182 Å². The zero-order chi connectivity index (χ0) is 52.5. The second kappa shape index (κ2) is 21.9. The van der Waals surface area contributed by atoms with Crippen LogP contribution in [0, 0.1) is 30.6 Å². The van der Waals surface area contributed by atoms with Crippen LogP contribution in [0.3, 0.4) is 0 Å². The number of likely N-dealkylation sites (N-methyl/N-ethyl adjacent to an activating group) is 1. The Balaban J connectivity index is 1.63. The summed E-state index contributed by atoms with van der Waals surface area (Å²) in [4.78, 5) is 56.0.